The van der Waals surface area contributed by atoms with Crippen LogP contribution in [0.2, 0.25) is 0 Å². The molecule has 1 saturated heterocycles. The lowest BCUT2D eigenvalue weighted by Crippen LogP contribution is -2.36. The van der Waals surface area contributed by atoms with Gasteiger partial charge in [0.15, 0.2) is 17.7 Å². The highest BCUT2D eigenvalue weighted by molar-refractivity contribution is 7.48. The Morgan fingerprint density at radius 1 is 0.854 bits per heavy atom. The molecule has 3 rings (SSSR count). The zero-order chi connectivity index (χ0) is 29.5. The first-order chi connectivity index (χ1) is 20.0. The van der Waals surface area contributed by atoms with Crippen molar-refractivity contribution in [2.45, 2.75) is 135 Å². The third kappa shape index (κ3) is 9.97. The number of hydrogen-bond donors (Lipinski definition) is 1. The van der Waals surface area contributed by atoms with Crippen LogP contribution in [0.25, 0.3) is 11.2 Å². The van der Waals surface area contributed by atoms with E-state index in [4.69, 9.17) is 28.8 Å². The van der Waals surface area contributed by atoms with Gasteiger partial charge in [0, 0.05) is 20.8 Å². The number of aromatic nitrogens is 4. The van der Waals surface area contributed by atoms with Crippen molar-refractivity contribution in [1.29, 1.82) is 0 Å². The van der Waals surface area contributed by atoms with E-state index in [-0.39, 0.29) is 5.82 Å². The van der Waals surface area contributed by atoms with Gasteiger partial charge in [-0.15, -0.1) is 0 Å². The van der Waals surface area contributed by atoms with Crippen LogP contribution >= 0.6 is 7.82 Å². The summed E-state index contributed by atoms with van der Waals surface area (Å²) < 4.78 is 43.6. The summed E-state index contributed by atoms with van der Waals surface area (Å²) in [4.78, 5) is 12.8. The Labute approximate surface area is 245 Å². The number of nitrogens with zero attached hydrogens (tertiary/aromatic N) is 4. The van der Waals surface area contributed by atoms with E-state index in [1.807, 2.05) is 6.92 Å². The minimum Gasteiger partial charge on any atom is -0.382 e. The Balaban J connectivity index is 1.49. The third-order valence-corrected chi connectivity index (χ3v) is 9.25. The molecule has 2 aromatic rings. The van der Waals surface area contributed by atoms with E-state index in [2.05, 4.69) is 21.9 Å². The van der Waals surface area contributed by atoms with Crippen molar-refractivity contribution >= 4 is 24.8 Å². The number of imidazole rings is 1. The van der Waals surface area contributed by atoms with Gasteiger partial charge in [0.2, 0.25) is 0 Å². The number of rotatable bonds is 22. The second kappa shape index (κ2) is 18.1. The summed E-state index contributed by atoms with van der Waals surface area (Å²) in [5.74, 6) is 0.287. The van der Waals surface area contributed by atoms with Crippen LogP contribution in [-0.4, -0.2) is 58.7 Å². The van der Waals surface area contributed by atoms with Crippen molar-refractivity contribution in [3.05, 3.63) is 12.7 Å². The van der Waals surface area contributed by atoms with Gasteiger partial charge >= 0.3 is 7.82 Å². The molecule has 1 aliphatic rings. The minimum atomic E-state index is -3.78. The molecule has 0 aromatic carbocycles. The predicted octanol–water partition coefficient (Wildman–Crippen LogP) is 7.37. The van der Waals surface area contributed by atoms with E-state index >= 15 is 0 Å². The number of ether oxygens (including phenoxy) is 2. The fourth-order valence-electron chi connectivity index (χ4n) is 5.45. The van der Waals surface area contributed by atoms with E-state index in [9.17, 15) is 4.57 Å². The summed E-state index contributed by atoms with van der Waals surface area (Å²) in [6.45, 7) is 4.76. The highest BCUT2D eigenvalue weighted by Gasteiger charge is 2.50. The molecule has 4 unspecified atom stereocenters. The lowest BCUT2D eigenvalue weighted by Gasteiger charge is -2.27. The molecule has 11 nitrogen and oxygen atoms in total. The van der Waals surface area contributed by atoms with Crippen molar-refractivity contribution in [3.63, 3.8) is 0 Å². The van der Waals surface area contributed by atoms with Crippen LogP contribution < -0.4 is 5.73 Å². The van der Waals surface area contributed by atoms with Crippen LogP contribution in [0.4, 0.5) is 5.82 Å². The molecule has 1 fully saturated rings. The quantitative estimate of drug-likeness (QED) is 0.108. The summed E-state index contributed by atoms with van der Waals surface area (Å²) in [6.07, 6.45) is 19.4. The number of nitrogens with two attached hydrogens (primary N) is 1. The van der Waals surface area contributed by atoms with Gasteiger partial charge in [0.25, 0.3) is 0 Å². The van der Waals surface area contributed by atoms with Crippen LogP contribution in [0, 0.1) is 0 Å². The maximum atomic E-state index is 12.9. The van der Waals surface area contributed by atoms with E-state index < -0.39 is 32.4 Å². The van der Waals surface area contributed by atoms with Gasteiger partial charge in [-0.25, -0.2) is 19.5 Å². The van der Waals surface area contributed by atoms with Crippen LogP contribution in [0.5, 0.6) is 0 Å². The highest BCUT2D eigenvalue weighted by Crippen LogP contribution is 2.52. The standard InChI is InChI=1S/C29H52N5O6P/c1-5-7-8-9-10-11-12-13-14-15-16-17-18-19-20-38-26-25(40-41(35,36-3)37-4)23(6-2)39-29(26)34-22-33-24-27(30)31-21-32-28(24)34/h21-23,25-26,29H,5-20H2,1-4H3,(H2,30,31,32). The first-order valence-corrected chi connectivity index (χ1v) is 17.0. The van der Waals surface area contributed by atoms with Gasteiger partial charge in [-0.2, -0.15) is 0 Å². The Bertz CT molecular complexity index is 1050. The molecule has 1 aliphatic heterocycles. The van der Waals surface area contributed by atoms with Crippen LogP contribution in [-0.2, 0) is 27.6 Å². The zero-order valence-corrected chi connectivity index (χ0v) is 26.4. The van der Waals surface area contributed by atoms with Crippen molar-refractivity contribution in [1.82, 2.24) is 19.5 Å². The van der Waals surface area contributed by atoms with E-state index in [0.717, 1.165) is 12.8 Å². The molecular formula is C29H52N5O6P. The highest BCUT2D eigenvalue weighted by atomic mass is 31.2. The molecule has 41 heavy (non-hydrogen) atoms. The molecule has 4 atom stereocenters. The maximum absolute atomic E-state index is 12.9. The molecular weight excluding hydrogens is 545 g/mol. The van der Waals surface area contributed by atoms with E-state index in [1.54, 1.807) is 10.9 Å². The van der Waals surface area contributed by atoms with Crippen molar-refractivity contribution < 1.29 is 27.6 Å². The van der Waals surface area contributed by atoms with E-state index in [0.29, 0.717) is 24.2 Å². The monoisotopic (exact) mass is 597 g/mol. The topological polar surface area (TPSA) is 133 Å². The number of unbranched alkanes of at least 4 members (excludes halogenated alkanes) is 13. The summed E-state index contributed by atoms with van der Waals surface area (Å²) in [7, 11) is -1.19. The second-order valence-electron chi connectivity index (χ2n) is 10.9. The molecule has 234 valence electrons. The summed E-state index contributed by atoms with van der Waals surface area (Å²) in [5.41, 5.74) is 7.03. The molecule has 2 aromatic heterocycles. The average molecular weight is 598 g/mol. The molecule has 0 saturated carbocycles. The van der Waals surface area contributed by atoms with Crippen LogP contribution in [0.15, 0.2) is 12.7 Å². The fourth-order valence-corrected chi connectivity index (χ4v) is 6.32. The van der Waals surface area contributed by atoms with Crippen LogP contribution in [0.3, 0.4) is 0 Å². The number of anilines is 1. The molecule has 12 heteroatoms. The maximum Gasteiger partial charge on any atom is 0.474 e. The minimum absolute atomic E-state index is 0.287. The molecule has 0 bridgehead atoms. The normalized spacial score (nSPS) is 21.3. The number of hydrogen-bond acceptors (Lipinski definition) is 10. The van der Waals surface area contributed by atoms with Crippen molar-refractivity contribution in [3.8, 4) is 0 Å². The first kappa shape index (κ1) is 33.9. The Kier molecular flexibility index (Phi) is 15.0. The molecule has 2 N–H and O–H groups in total. The van der Waals surface area contributed by atoms with Crippen molar-refractivity contribution in [2.75, 3.05) is 26.6 Å². The average Bonchev–Trinajstić information content (AvgIpc) is 3.56. The summed E-state index contributed by atoms with van der Waals surface area (Å²) in [5, 5.41) is 0. The van der Waals surface area contributed by atoms with Gasteiger partial charge in [-0.1, -0.05) is 97.3 Å². The predicted molar refractivity (Wildman–Crippen MR) is 160 cm³/mol. The number of phosphoric acid groups is 1. The fraction of sp³-hybridized carbons (Fsp3) is 0.828. The lowest BCUT2D eigenvalue weighted by atomic mass is 10.0. The number of phosphoric ester groups is 1. The van der Waals surface area contributed by atoms with Gasteiger partial charge in [0.1, 0.15) is 24.1 Å². The Morgan fingerprint density at radius 2 is 1.44 bits per heavy atom. The molecule has 3 heterocycles. The lowest BCUT2D eigenvalue weighted by molar-refractivity contribution is -0.0677. The van der Waals surface area contributed by atoms with Crippen LogP contribution in [0.1, 0.15) is 116 Å². The summed E-state index contributed by atoms with van der Waals surface area (Å²) >= 11 is 0. The molecule has 0 spiro atoms. The number of nitrogen functional groups attached to an aromatic ring is 1. The second-order valence-corrected chi connectivity index (χ2v) is 12.7. The first-order valence-electron chi connectivity index (χ1n) is 15.6. The van der Waals surface area contributed by atoms with Gasteiger partial charge in [-0.3, -0.25) is 18.1 Å². The smallest absolute Gasteiger partial charge is 0.382 e. The summed E-state index contributed by atoms with van der Waals surface area (Å²) in [6, 6.07) is 0. The Morgan fingerprint density at radius 3 is 2.00 bits per heavy atom. The van der Waals surface area contributed by atoms with E-state index in [1.165, 1.54) is 97.6 Å². The molecule has 0 amide bonds. The molecule has 0 aliphatic carbocycles. The zero-order valence-electron chi connectivity index (χ0n) is 25.5. The van der Waals surface area contributed by atoms with Crippen molar-refractivity contribution in [2.24, 2.45) is 0 Å². The van der Waals surface area contributed by atoms with Gasteiger partial charge in [0.05, 0.1) is 12.4 Å². The van der Waals surface area contributed by atoms with Gasteiger partial charge in [-0.05, 0) is 12.8 Å². The van der Waals surface area contributed by atoms with Gasteiger partial charge < -0.3 is 15.2 Å². The molecule has 0 radical (unpaired) electrons. The third-order valence-electron chi connectivity index (χ3n) is 7.86. The number of fused-ring (bicyclic) bond motifs is 1. The Hall–Kier alpha value is -1.62. The SMILES string of the molecule is CCCCCCCCCCCCCCCCOC1C(OP(=O)(OC)OC)C(CC)OC1n1cnc2c(N)ncnc21. The largest absolute Gasteiger partial charge is 0.474 e.